The van der Waals surface area contributed by atoms with Gasteiger partial charge in [0.1, 0.15) is 0 Å². The molecule has 2 nitrogen and oxygen atoms in total. The highest BCUT2D eigenvalue weighted by Gasteiger charge is 2.06. The molecule has 2 aromatic rings. The van der Waals surface area contributed by atoms with Gasteiger partial charge in [-0.25, -0.2) is 0 Å². The molecular formula is C15H14INO. The second-order valence-electron chi connectivity index (χ2n) is 4.19. The van der Waals surface area contributed by atoms with E-state index < -0.39 is 0 Å². The molecule has 0 aromatic heterocycles. The zero-order chi connectivity index (χ0) is 13.0. The van der Waals surface area contributed by atoms with Gasteiger partial charge in [0.05, 0.1) is 12.1 Å². The summed E-state index contributed by atoms with van der Waals surface area (Å²) in [5.74, 6) is 0.0183. The molecule has 92 valence electrons. The number of rotatable bonds is 3. The lowest BCUT2D eigenvalue weighted by Crippen LogP contribution is -2.15. The van der Waals surface area contributed by atoms with Crippen LogP contribution in [0.3, 0.4) is 0 Å². The number of hydrogen-bond acceptors (Lipinski definition) is 1. The molecule has 1 amide bonds. The number of benzene rings is 2. The Labute approximate surface area is 121 Å². The molecule has 0 bridgehead atoms. The van der Waals surface area contributed by atoms with Gasteiger partial charge >= 0.3 is 0 Å². The predicted octanol–water partition coefficient (Wildman–Crippen LogP) is 3.78. The van der Waals surface area contributed by atoms with Gasteiger partial charge in [-0.1, -0.05) is 42.0 Å². The average Bonchev–Trinajstić information content (AvgIpc) is 2.32. The molecule has 0 atom stereocenters. The minimum atomic E-state index is 0.0183. The number of para-hydroxylation sites is 1. The Morgan fingerprint density at radius 1 is 1.17 bits per heavy atom. The normalized spacial score (nSPS) is 10.1. The van der Waals surface area contributed by atoms with Crippen molar-refractivity contribution in [3.05, 3.63) is 63.2 Å². The van der Waals surface area contributed by atoms with Crippen LogP contribution in [0.4, 0.5) is 5.69 Å². The summed E-state index contributed by atoms with van der Waals surface area (Å²) in [4.78, 5) is 11.9. The third-order valence-corrected chi connectivity index (χ3v) is 3.54. The van der Waals surface area contributed by atoms with E-state index in [4.69, 9.17) is 0 Å². The summed E-state index contributed by atoms with van der Waals surface area (Å²) in [6.07, 6.45) is 0.409. The zero-order valence-electron chi connectivity index (χ0n) is 10.1. The van der Waals surface area contributed by atoms with Crippen LogP contribution in [0, 0.1) is 10.5 Å². The third-order valence-electron chi connectivity index (χ3n) is 2.60. The Morgan fingerprint density at radius 2 is 1.94 bits per heavy atom. The first kappa shape index (κ1) is 13.1. The van der Waals surface area contributed by atoms with Crippen molar-refractivity contribution >= 4 is 34.2 Å². The standard InChI is InChI=1S/C15H14INO/c1-11-5-4-6-12(9-11)10-15(18)17-14-8-3-2-7-13(14)16/h2-9H,10H2,1H3,(H,17,18). The fraction of sp³-hybridized carbons (Fsp3) is 0.133. The maximum atomic E-state index is 11.9. The molecule has 2 rings (SSSR count). The highest BCUT2D eigenvalue weighted by Crippen LogP contribution is 2.17. The van der Waals surface area contributed by atoms with E-state index in [9.17, 15) is 4.79 Å². The number of hydrogen-bond donors (Lipinski definition) is 1. The Hall–Kier alpha value is -1.36. The van der Waals surface area contributed by atoms with Crippen LogP contribution >= 0.6 is 22.6 Å². The topological polar surface area (TPSA) is 29.1 Å². The van der Waals surface area contributed by atoms with Crippen molar-refractivity contribution in [3.63, 3.8) is 0 Å². The minimum absolute atomic E-state index is 0.0183. The van der Waals surface area contributed by atoms with Gasteiger partial charge in [-0.05, 0) is 47.2 Å². The molecule has 0 aliphatic heterocycles. The Morgan fingerprint density at radius 3 is 2.67 bits per heavy atom. The van der Waals surface area contributed by atoms with Crippen LogP contribution in [0.2, 0.25) is 0 Å². The molecule has 0 heterocycles. The van der Waals surface area contributed by atoms with Crippen LogP contribution < -0.4 is 5.32 Å². The number of nitrogens with one attached hydrogen (secondary N) is 1. The van der Waals surface area contributed by atoms with Gasteiger partial charge in [-0.15, -0.1) is 0 Å². The summed E-state index contributed by atoms with van der Waals surface area (Å²) in [6.45, 7) is 2.03. The minimum Gasteiger partial charge on any atom is -0.325 e. The summed E-state index contributed by atoms with van der Waals surface area (Å²) in [5, 5.41) is 2.93. The molecule has 0 fully saturated rings. The lowest BCUT2D eigenvalue weighted by molar-refractivity contribution is -0.115. The van der Waals surface area contributed by atoms with Crippen LogP contribution in [-0.4, -0.2) is 5.91 Å². The lowest BCUT2D eigenvalue weighted by atomic mass is 10.1. The molecule has 3 heteroatoms. The summed E-state index contributed by atoms with van der Waals surface area (Å²) >= 11 is 2.22. The van der Waals surface area contributed by atoms with E-state index in [0.717, 1.165) is 14.8 Å². The Bertz CT molecular complexity index is 566. The summed E-state index contributed by atoms with van der Waals surface area (Å²) < 4.78 is 1.05. The Kier molecular flexibility index (Phi) is 4.36. The van der Waals surface area contributed by atoms with Crippen molar-refractivity contribution in [2.24, 2.45) is 0 Å². The monoisotopic (exact) mass is 351 g/mol. The quantitative estimate of drug-likeness (QED) is 0.838. The lowest BCUT2D eigenvalue weighted by Gasteiger charge is -2.07. The second-order valence-corrected chi connectivity index (χ2v) is 5.36. The molecule has 1 N–H and O–H groups in total. The van der Waals surface area contributed by atoms with Gasteiger partial charge in [0.15, 0.2) is 0 Å². The second kappa shape index (κ2) is 6.00. The molecular weight excluding hydrogens is 337 g/mol. The fourth-order valence-electron chi connectivity index (χ4n) is 1.76. The smallest absolute Gasteiger partial charge is 0.228 e. The third kappa shape index (κ3) is 3.57. The SMILES string of the molecule is Cc1cccc(CC(=O)Nc2ccccc2I)c1. The number of anilines is 1. The first-order valence-electron chi connectivity index (χ1n) is 5.75. The van der Waals surface area contributed by atoms with Gasteiger partial charge < -0.3 is 5.32 Å². The molecule has 0 aliphatic rings. The van der Waals surface area contributed by atoms with Crippen LogP contribution in [0.15, 0.2) is 48.5 Å². The molecule has 0 aliphatic carbocycles. The number of carbonyl (C=O) groups excluding carboxylic acids is 1. The number of carbonyl (C=O) groups is 1. The van der Waals surface area contributed by atoms with Gasteiger partial charge in [0.25, 0.3) is 0 Å². The summed E-state index contributed by atoms with van der Waals surface area (Å²) in [7, 11) is 0. The van der Waals surface area contributed by atoms with E-state index >= 15 is 0 Å². The first-order chi connectivity index (χ1) is 8.65. The molecule has 0 spiro atoms. The number of aryl methyl sites for hydroxylation is 1. The van der Waals surface area contributed by atoms with E-state index in [-0.39, 0.29) is 5.91 Å². The maximum Gasteiger partial charge on any atom is 0.228 e. The van der Waals surface area contributed by atoms with Crippen molar-refractivity contribution < 1.29 is 4.79 Å². The predicted molar refractivity (Wildman–Crippen MR) is 82.7 cm³/mol. The molecule has 0 saturated heterocycles. The molecule has 2 aromatic carbocycles. The van der Waals surface area contributed by atoms with Crippen molar-refractivity contribution in [3.8, 4) is 0 Å². The van der Waals surface area contributed by atoms with E-state index in [1.165, 1.54) is 5.56 Å². The van der Waals surface area contributed by atoms with Crippen LogP contribution in [0.5, 0.6) is 0 Å². The molecule has 0 saturated carbocycles. The van der Waals surface area contributed by atoms with Gasteiger partial charge in [-0.3, -0.25) is 4.79 Å². The van der Waals surface area contributed by atoms with E-state index in [0.29, 0.717) is 6.42 Å². The highest BCUT2D eigenvalue weighted by molar-refractivity contribution is 14.1. The fourth-order valence-corrected chi connectivity index (χ4v) is 2.29. The average molecular weight is 351 g/mol. The maximum absolute atomic E-state index is 11.9. The summed E-state index contributed by atoms with van der Waals surface area (Å²) in [5.41, 5.74) is 3.09. The van der Waals surface area contributed by atoms with E-state index in [2.05, 4.69) is 27.9 Å². The Balaban J connectivity index is 2.03. The van der Waals surface area contributed by atoms with Crippen LogP contribution in [0.25, 0.3) is 0 Å². The zero-order valence-corrected chi connectivity index (χ0v) is 12.3. The first-order valence-corrected chi connectivity index (χ1v) is 6.83. The van der Waals surface area contributed by atoms with Crippen LogP contribution in [-0.2, 0) is 11.2 Å². The number of amides is 1. The van der Waals surface area contributed by atoms with Crippen molar-refractivity contribution in [2.75, 3.05) is 5.32 Å². The molecule has 0 radical (unpaired) electrons. The van der Waals surface area contributed by atoms with E-state index in [1.807, 2.05) is 55.5 Å². The summed E-state index contributed by atoms with van der Waals surface area (Å²) in [6, 6.07) is 15.8. The largest absolute Gasteiger partial charge is 0.325 e. The van der Waals surface area contributed by atoms with Gasteiger partial charge in [0, 0.05) is 3.57 Å². The highest BCUT2D eigenvalue weighted by atomic mass is 127. The molecule has 0 unspecified atom stereocenters. The van der Waals surface area contributed by atoms with Crippen molar-refractivity contribution in [1.29, 1.82) is 0 Å². The van der Waals surface area contributed by atoms with Crippen molar-refractivity contribution in [1.82, 2.24) is 0 Å². The number of halogens is 1. The molecule has 18 heavy (non-hydrogen) atoms. The van der Waals surface area contributed by atoms with Crippen LogP contribution in [0.1, 0.15) is 11.1 Å². The van der Waals surface area contributed by atoms with Gasteiger partial charge in [-0.2, -0.15) is 0 Å². The van der Waals surface area contributed by atoms with Crippen molar-refractivity contribution in [2.45, 2.75) is 13.3 Å². The van der Waals surface area contributed by atoms with E-state index in [1.54, 1.807) is 0 Å². The van der Waals surface area contributed by atoms with Gasteiger partial charge in [0.2, 0.25) is 5.91 Å².